The lowest BCUT2D eigenvalue weighted by Crippen LogP contribution is -2.52. The number of benzene rings is 1. The molecule has 6 nitrogen and oxygen atoms in total. The van der Waals surface area contributed by atoms with Crippen molar-refractivity contribution in [3.05, 3.63) is 29.3 Å². The highest BCUT2D eigenvalue weighted by molar-refractivity contribution is 5.80. The maximum absolute atomic E-state index is 12.8. The molecule has 3 amide bonds. The number of hydrogen-bond acceptors (Lipinski definition) is 3. The first-order valence-corrected chi connectivity index (χ1v) is 9.11. The van der Waals surface area contributed by atoms with Crippen molar-refractivity contribution in [3.8, 4) is 0 Å². The predicted molar refractivity (Wildman–Crippen MR) is 98.6 cm³/mol. The van der Waals surface area contributed by atoms with Crippen molar-refractivity contribution in [3.63, 3.8) is 0 Å². The molecule has 0 saturated carbocycles. The van der Waals surface area contributed by atoms with E-state index in [0.717, 1.165) is 39.0 Å². The van der Waals surface area contributed by atoms with Gasteiger partial charge in [0.25, 0.3) is 0 Å². The van der Waals surface area contributed by atoms with E-state index in [2.05, 4.69) is 36.9 Å². The maximum Gasteiger partial charge on any atom is 0.314 e. The normalized spacial score (nSPS) is 19.2. The summed E-state index contributed by atoms with van der Waals surface area (Å²) in [6.45, 7) is 8.75. The Morgan fingerprint density at radius 1 is 0.960 bits per heavy atom. The van der Waals surface area contributed by atoms with Gasteiger partial charge in [-0.05, 0) is 43.9 Å². The first-order chi connectivity index (χ1) is 12.0. The van der Waals surface area contributed by atoms with Gasteiger partial charge in [0.15, 0.2) is 0 Å². The Bertz CT molecular complexity index is 645. The molecule has 0 aromatic heterocycles. The van der Waals surface area contributed by atoms with Crippen LogP contribution >= 0.6 is 0 Å². The van der Waals surface area contributed by atoms with Crippen molar-refractivity contribution in [1.29, 1.82) is 0 Å². The molecule has 0 unspecified atom stereocenters. The van der Waals surface area contributed by atoms with Crippen LogP contribution in [-0.2, 0) is 4.79 Å². The van der Waals surface area contributed by atoms with Crippen LogP contribution in [0.5, 0.6) is 0 Å². The smallest absolute Gasteiger partial charge is 0.314 e. The highest BCUT2D eigenvalue weighted by Crippen LogP contribution is 2.25. The fourth-order valence-corrected chi connectivity index (χ4v) is 3.85. The minimum atomic E-state index is -0.381. The number of rotatable bonds is 2. The van der Waals surface area contributed by atoms with Crippen LogP contribution in [0.2, 0.25) is 0 Å². The number of piperazine rings is 1. The lowest BCUT2D eigenvalue weighted by molar-refractivity contribution is -0.137. The van der Waals surface area contributed by atoms with Crippen molar-refractivity contribution < 1.29 is 9.59 Å². The third kappa shape index (κ3) is 3.72. The summed E-state index contributed by atoms with van der Waals surface area (Å²) in [6, 6.07) is 6.02. The number of aryl methyl sites for hydroxylation is 1. The molecule has 0 atom stereocenters. The third-order valence-corrected chi connectivity index (χ3v) is 5.66. The average Bonchev–Trinajstić information content (AvgIpc) is 2.64. The molecular weight excluding hydrogens is 316 g/mol. The molecule has 1 aromatic carbocycles. The van der Waals surface area contributed by atoms with E-state index < -0.39 is 0 Å². The molecular formula is C19H28N4O2. The zero-order chi connectivity index (χ0) is 18.0. The van der Waals surface area contributed by atoms with Gasteiger partial charge in [-0.1, -0.05) is 12.1 Å². The summed E-state index contributed by atoms with van der Waals surface area (Å²) >= 11 is 0. The van der Waals surface area contributed by atoms with Crippen LogP contribution in [0.1, 0.15) is 24.0 Å². The van der Waals surface area contributed by atoms with Gasteiger partial charge in [0, 0.05) is 50.9 Å². The van der Waals surface area contributed by atoms with Gasteiger partial charge in [0.05, 0.1) is 0 Å². The van der Waals surface area contributed by atoms with Gasteiger partial charge in [-0.3, -0.25) is 4.79 Å². The second-order valence-corrected chi connectivity index (χ2v) is 7.13. The van der Waals surface area contributed by atoms with Crippen LogP contribution in [0.25, 0.3) is 0 Å². The maximum atomic E-state index is 12.8. The molecule has 3 rings (SSSR count). The van der Waals surface area contributed by atoms with Crippen LogP contribution in [0, 0.1) is 19.8 Å². The summed E-state index contributed by atoms with van der Waals surface area (Å²) in [7, 11) is 0. The van der Waals surface area contributed by atoms with Crippen molar-refractivity contribution in [1.82, 2.24) is 9.80 Å². The van der Waals surface area contributed by atoms with Gasteiger partial charge < -0.3 is 20.4 Å². The zero-order valence-corrected chi connectivity index (χ0v) is 15.2. The fraction of sp³-hybridized carbons (Fsp3) is 0.579. The number of hydrogen-bond donors (Lipinski definition) is 1. The number of primary amides is 1. The average molecular weight is 344 g/mol. The van der Waals surface area contributed by atoms with Crippen molar-refractivity contribution in [2.45, 2.75) is 26.7 Å². The highest BCUT2D eigenvalue weighted by atomic mass is 16.2. The molecule has 0 bridgehead atoms. The van der Waals surface area contributed by atoms with Crippen molar-refractivity contribution in [2.24, 2.45) is 11.7 Å². The molecule has 2 heterocycles. The van der Waals surface area contributed by atoms with E-state index >= 15 is 0 Å². The third-order valence-electron chi connectivity index (χ3n) is 5.66. The monoisotopic (exact) mass is 344 g/mol. The first kappa shape index (κ1) is 17.6. The summed E-state index contributed by atoms with van der Waals surface area (Å²) in [5, 5.41) is 0. The topological polar surface area (TPSA) is 69.9 Å². The van der Waals surface area contributed by atoms with Gasteiger partial charge in [0.1, 0.15) is 0 Å². The number of urea groups is 1. The van der Waals surface area contributed by atoms with Crippen LogP contribution in [-0.4, -0.2) is 61.0 Å². The van der Waals surface area contributed by atoms with E-state index in [4.69, 9.17) is 5.73 Å². The fourth-order valence-electron chi connectivity index (χ4n) is 3.85. The van der Waals surface area contributed by atoms with E-state index in [9.17, 15) is 9.59 Å². The number of amides is 3. The van der Waals surface area contributed by atoms with Crippen molar-refractivity contribution in [2.75, 3.05) is 44.2 Å². The second kappa shape index (κ2) is 7.33. The summed E-state index contributed by atoms with van der Waals surface area (Å²) in [5.74, 6) is 0.271. The molecule has 0 spiro atoms. The minimum Gasteiger partial charge on any atom is -0.368 e. The van der Waals surface area contributed by atoms with E-state index in [0.29, 0.717) is 13.1 Å². The summed E-state index contributed by atoms with van der Waals surface area (Å²) in [4.78, 5) is 30.0. The highest BCUT2D eigenvalue weighted by Gasteiger charge is 2.31. The molecule has 2 aliphatic rings. The van der Waals surface area contributed by atoms with Crippen LogP contribution < -0.4 is 10.6 Å². The standard InChI is InChI=1S/C19H28N4O2/c1-14-4-3-5-17(15(14)2)21-10-12-22(13-11-21)18(24)16-6-8-23(9-7-16)19(20)25/h3-5,16H,6-13H2,1-2H3,(H2,20,25). The Labute approximate surface area is 149 Å². The van der Waals surface area contributed by atoms with Gasteiger partial charge >= 0.3 is 6.03 Å². The molecule has 2 fully saturated rings. The van der Waals surface area contributed by atoms with Gasteiger partial charge in [-0.15, -0.1) is 0 Å². The van der Waals surface area contributed by atoms with Gasteiger partial charge in [0.2, 0.25) is 5.91 Å². The molecule has 1 aromatic rings. The molecule has 0 radical (unpaired) electrons. The van der Waals surface area contributed by atoms with Crippen molar-refractivity contribution >= 4 is 17.6 Å². The Morgan fingerprint density at radius 3 is 2.20 bits per heavy atom. The summed E-state index contributed by atoms with van der Waals surface area (Å²) in [6.07, 6.45) is 1.44. The zero-order valence-electron chi connectivity index (χ0n) is 15.2. The van der Waals surface area contributed by atoms with Crippen LogP contribution in [0.3, 0.4) is 0 Å². The number of nitrogens with zero attached hydrogens (tertiary/aromatic N) is 3. The van der Waals surface area contributed by atoms with E-state index in [-0.39, 0.29) is 17.9 Å². The summed E-state index contributed by atoms with van der Waals surface area (Å²) in [5.41, 5.74) is 9.21. The number of piperidine rings is 1. The largest absolute Gasteiger partial charge is 0.368 e. The molecule has 136 valence electrons. The second-order valence-electron chi connectivity index (χ2n) is 7.13. The molecule has 25 heavy (non-hydrogen) atoms. The Hall–Kier alpha value is -2.24. The Balaban J connectivity index is 1.55. The summed E-state index contributed by atoms with van der Waals surface area (Å²) < 4.78 is 0. The van der Waals surface area contributed by atoms with E-state index in [1.807, 2.05) is 4.90 Å². The SMILES string of the molecule is Cc1cccc(N2CCN(C(=O)C3CCN(C(N)=O)CC3)CC2)c1C. The molecule has 6 heteroatoms. The molecule has 2 aliphatic heterocycles. The predicted octanol–water partition coefficient (Wildman–Crippen LogP) is 1.74. The molecule has 2 saturated heterocycles. The van der Waals surface area contributed by atoms with E-state index in [1.54, 1.807) is 4.90 Å². The number of nitrogens with two attached hydrogens (primary N) is 1. The lowest BCUT2D eigenvalue weighted by Gasteiger charge is -2.39. The minimum absolute atomic E-state index is 0.0304. The van der Waals surface area contributed by atoms with Gasteiger partial charge in [-0.2, -0.15) is 0 Å². The Kier molecular flexibility index (Phi) is 5.16. The first-order valence-electron chi connectivity index (χ1n) is 9.11. The number of carbonyl (C=O) groups is 2. The van der Waals surface area contributed by atoms with Crippen LogP contribution in [0.15, 0.2) is 18.2 Å². The Morgan fingerprint density at radius 2 is 1.60 bits per heavy atom. The number of anilines is 1. The lowest BCUT2D eigenvalue weighted by atomic mass is 9.95. The van der Waals surface area contributed by atoms with Gasteiger partial charge in [-0.25, -0.2) is 4.79 Å². The molecule has 0 aliphatic carbocycles. The number of likely N-dealkylation sites (tertiary alicyclic amines) is 1. The molecule has 2 N–H and O–H groups in total. The quantitative estimate of drug-likeness (QED) is 0.888. The van der Waals surface area contributed by atoms with Crippen LogP contribution in [0.4, 0.5) is 10.5 Å². The number of carbonyl (C=O) groups excluding carboxylic acids is 2. The van der Waals surface area contributed by atoms with E-state index in [1.165, 1.54) is 16.8 Å².